The Morgan fingerprint density at radius 3 is 2.42 bits per heavy atom. The fraction of sp³-hybridized carbons (Fsp3) is 0.0476. The molecule has 0 unspecified atom stereocenters. The topological polar surface area (TPSA) is 64.3 Å². The van der Waals surface area contributed by atoms with Gasteiger partial charge in [0.15, 0.2) is 0 Å². The molecule has 0 radical (unpaired) electrons. The molecule has 0 aliphatic carbocycles. The van der Waals surface area contributed by atoms with Crippen LogP contribution in [0.25, 0.3) is 28.1 Å². The lowest BCUT2D eigenvalue weighted by Crippen LogP contribution is -2.01. The zero-order chi connectivity index (χ0) is 18.1. The quantitative estimate of drug-likeness (QED) is 0.566. The smallest absolute Gasteiger partial charge is 0.337 e. The first kappa shape index (κ1) is 15.9. The second kappa shape index (κ2) is 6.37. The number of rotatable bonds is 3. The molecule has 4 aromatic rings. The summed E-state index contributed by atoms with van der Waals surface area (Å²) in [6, 6.07) is 22.1. The SMILES string of the molecule is COC(=O)c1ccc2c(c1)nc(-c1ccc(O)cc1)n2-c1ccccc1. The van der Waals surface area contributed by atoms with E-state index < -0.39 is 5.97 Å². The molecular formula is C21H16N2O3. The van der Waals surface area contributed by atoms with Crippen molar-refractivity contribution < 1.29 is 14.6 Å². The van der Waals surface area contributed by atoms with Crippen LogP contribution in [-0.2, 0) is 4.74 Å². The van der Waals surface area contributed by atoms with E-state index in [-0.39, 0.29) is 5.75 Å². The second-order valence-electron chi connectivity index (χ2n) is 5.85. The van der Waals surface area contributed by atoms with E-state index in [0.29, 0.717) is 11.1 Å². The summed E-state index contributed by atoms with van der Waals surface area (Å²) in [5.41, 5.74) is 3.85. The Hall–Kier alpha value is -3.60. The number of fused-ring (bicyclic) bond motifs is 1. The molecule has 1 heterocycles. The van der Waals surface area contributed by atoms with Gasteiger partial charge in [-0.15, -0.1) is 0 Å². The summed E-state index contributed by atoms with van der Waals surface area (Å²) in [7, 11) is 1.36. The Balaban J connectivity index is 1.99. The van der Waals surface area contributed by atoms with E-state index >= 15 is 0 Å². The van der Waals surface area contributed by atoms with Crippen molar-refractivity contribution in [1.29, 1.82) is 0 Å². The largest absolute Gasteiger partial charge is 0.508 e. The molecule has 128 valence electrons. The fourth-order valence-electron chi connectivity index (χ4n) is 2.97. The predicted molar refractivity (Wildman–Crippen MR) is 99.5 cm³/mol. The maximum atomic E-state index is 11.8. The molecule has 0 fully saturated rings. The molecule has 0 aliphatic rings. The van der Waals surface area contributed by atoms with Gasteiger partial charge in [0.25, 0.3) is 0 Å². The van der Waals surface area contributed by atoms with Gasteiger partial charge < -0.3 is 9.84 Å². The number of methoxy groups -OCH3 is 1. The van der Waals surface area contributed by atoms with Crippen molar-refractivity contribution in [3.8, 4) is 22.8 Å². The molecule has 3 aromatic carbocycles. The summed E-state index contributed by atoms with van der Waals surface area (Å²) in [6.07, 6.45) is 0. The van der Waals surface area contributed by atoms with Crippen LogP contribution in [0.1, 0.15) is 10.4 Å². The van der Waals surface area contributed by atoms with Crippen LogP contribution in [0, 0.1) is 0 Å². The van der Waals surface area contributed by atoms with Gasteiger partial charge in [-0.05, 0) is 54.6 Å². The number of aromatic hydroxyl groups is 1. The van der Waals surface area contributed by atoms with Crippen molar-refractivity contribution in [1.82, 2.24) is 9.55 Å². The first-order valence-corrected chi connectivity index (χ1v) is 8.13. The second-order valence-corrected chi connectivity index (χ2v) is 5.85. The predicted octanol–water partition coefficient (Wildman–Crippen LogP) is 4.18. The number of hydrogen-bond donors (Lipinski definition) is 1. The van der Waals surface area contributed by atoms with Gasteiger partial charge in [-0.25, -0.2) is 9.78 Å². The number of para-hydroxylation sites is 1. The van der Waals surface area contributed by atoms with Gasteiger partial charge in [-0.3, -0.25) is 4.57 Å². The zero-order valence-electron chi connectivity index (χ0n) is 14.1. The lowest BCUT2D eigenvalue weighted by atomic mass is 10.2. The summed E-state index contributed by atoms with van der Waals surface area (Å²) < 4.78 is 6.83. The summed E-state index contributed by atoms with van der Waals surface area (Å²) in [6.45, 7) is 0. The fourth-order valence-corrected chi connectivity index (χ4v) is 2.97. The first-order valence-electron chi connectivity index (χ1n) is 8.13. The summed E-state index contributed by atoms with van der Waals surface area (Å²) in [5.74, 6) is 0.532. The van der Waals surface area contributed by atoms with Crippen LogP contribution in [0.15, 0.2) is 72.8 Å². The van der Waals surface area contributed by atoms with Crippen molar-refractivity contribution >= 4 is 17.0 Å². The minimum Gasteiger partial charge on any atom is -0.508 e. The van der Waals surface area contributed by atoms with E-state index in [2.05, 4.69) is 0 Å². The molecule has 5 heteroatoms. The Labute approximate surface area is 150 Å². The normalized spacial score (nSPS) is 10.8. The number of nitrogens with zero attached hydrogens (tertiary/aromatic N) is 2. The number of aromatic nitrogens is 2. The monoisotopic (exact) mass is 344 g/mol. The maximum Gasteiger partial charge on any atom is 0.337 e. The van der Waals surface area contributed by atoms with E-state index in [0.717, 1.165) is 22.6 Å². The van der Waals surface area contributed by atoms with E-state index in [4.69, 9.17) is 9.72 Å². The summed E-state index contributed by atoms with van der Waals surface area (Å²) >= 11 is 0. The number of carbonyl (C=O) groups is 1. The lowest BCUT2D eigenvalue weighted by Gasteiger charge is -2.09. The van der Waals surface area contributed by atoms with Crippen molar-refractivity contribution in [3.05, 3.63) is 78.4 Å². The van der Waals surface area contributed by atoms with E-state index in [1.807, 2.05) is 53.1 Å². The number of ether oxygens (including phenoxy) is 1. The Morgan fingerprint density at radius 2 is 1.73 bits per heavy atom. The number of phenolic OH excluding ortho intramolecular Hbond substituents is 1. The number of carbonyl (C=O) groups excluding carboxylic acids is 1. The summed E-state index contributed by atoms with van der Waals surface area (Å²) in [4.78, 5) is 16.6. The molecule has 26 heavy (non-hydrogen) atoms. The van der Waals surface area contributed by atoms with Gasteiger partial charge in [0, 0.05) is 11.3 Å². The van der Waals surface area contributed by atoms with Crippen LogP contribution in [0.3, 0.4) is 0 Å². The highest BCUT2D eigenvalue weighted by atomic mass is 16.5. The minimum absolute atomic E-state index is 0.198. The van der Waals surface area contributed by atoms with E-state index in [9.17, 15) is 9.90 Å². The Morgan fingerprint density at radius 1 is 1.00 bits per heavy atom. The van der Waals surface area contributed by atoms with Crippen LogP contribution >= 0.6 is 0 Å². The van der Waals surface area contributed by atoms with Gasteiger partial charge in [0.2, 0.25) is 0 Å². The number of esters is 1. The molecule has 0 saturated carbocycles. The third-order valence-electron chi connectivity index (χ3n) is 4.22. The molecule has 4 rings (SSSR count). The van der Waals surface area contributed by atoms with Crippen LogP contribution in [0.5, 0.6) is 5.75 Å². The molecule has 0 saturated heterocycles. The van der Waals surface area contributed by atoms with Crippen LogP contribution < -0.4 is 0 Å². The van der Waals surface area contributed by atoms with Crippen LogP contribution in [0.4, 0.5) is 0 Å². The van der Waals surface area contributed by atoms with Crippen LogP contribution in [0.2, 0.25) is 0 Å². The standard InChI is InChI=1S/C21H16N2O3/c1-26-21(25)15-9-12-19-18(13-15)22-20(14-7-10-17(24)11-8-14)23(19)16-5-3-2-4-6-16/h2-13,24H,1H3. The van der Waals surface area contributed by atoms with E-state index in [1.165, 1.54) is 7.11 Å². The average molecular weight is 344 g/mol. The number of benzene rings is 3. The lowest BCUT2D eigenvalue weighted by molar-refractivity contribution is 0.0601. The molecule has 0 aliphatic heterocycles. The van der Waals surface area contributed by atoms with E-state index in [1.54, 1.807) is 24.3 Å². The molecule has 0 bridgehead atoms. The highest BCUT2D eigenvalue weighted by molar-refractivity contribution is 5.95. The van der Waals surface area contributed by atoms with Gasteiger partial charge in [0.1, 0.15) is 11.6 Å². The molecule has 1 N–H and O–H groups in total. The minimum atomic E-state index is -0.396. The first-order chi connectivity index (χ1) is 12.7. The molecule has 1 aromatic heterocycles. The van der Waals surface area contributed by atoms with Crippen molar-refractivity contribution in [3.63, 3.8) is 0 Å². The zero-order valence-corrected chi connectivity index (χ0v) is 14.1. The van der Waals surface area contributed by atoms with Gasteiger partial charge >= 0.3 is 5.97 Å². The van der Waals surface area contributed by atoms with Crippen molar-refractivity contribution in [2.45, 2.75) is 0 Å². The number of hydrogen-bond acceptors (Lipinski definition) is 4. The third kappa shape index (κ3) is 2.69. The highest BCUT2D eigenvalue weighted by Crippen LogP contribution is 2.30. The van der Waals surface area contributed by atoms with Gasteiger partial charge in [-0.2, -0.15) is 0 Å². The molecular weight excluding hydrogens is 328 g/mol. The maximum absolute atomic E-state index is 11.8. The average Bonchev–Trinajstić information content (AvgIpc) is 3.07. The number of imidazole rings is 1. The van der Waals surface area contributed by atoms with Crippen LogP contribution in [-0.4, -0.2) is 27.7 Å². The summed E-state index contributed by atoms with van der Waals surface area (Å²) in [5, 5.41) is 9.58. The Kier molecular flexibility index (Phi) is 3.89. The van der Waals surface area contributed by atoms with Gasteiger partial charge in [0.05, 0.1) is 23.7 Å². The van der Waals surface area contributed by atoms with Gasteiger partial charge in [-0.1, -0.05) is 18.2 Å². The Bertz CT molecular complexity index is 1080. The molecule has 5 nitrogen and oxygen atoms in total. The van der Waals surface area contributed by atoms with Crippen molar-refractivity contribution in [2.75, 3.05) is 7.11 Å². The molecule has 0 atom stereocenters. The van der Waals surface area contributed by atoms with Crippen molar-refractivity contribution in [2.24, 2.45) is 0 Å². The number of phenols is 1. The third-order valence-corrected chi connectivity index (χ3v) is 4.22. The molecule has 0 spiro atoms. The molecule has 0 amide bonds. The highest BCUT2D eigenvalue weighted by Gasteiger charge is 2.16.